The Balaban J connectivity index is 2.25. The van der Waals surface area contributed by atoms with E-state index in [0.29, 0.717) is 27.7 Å². The Morgan fingerprint density at radius 1 is 1.00 bits per heavy atom. The molecule has 0 bridgehead atoms. The number of ketones is 1. The first-order valence-electron chi connectivity index (χ1n) is 8.33. The first kappa shape index (κ1) is 18.2. The summed E-state index contributed by atoms with van der Waals surface area (Å²) in [6.07, 6.45) is 0. The first-order chi connectivity index (χ1) is 12.2. The smallest absolute Gasteiger partial charge is 0.340 e. The van der Waals surface area contributed by atoms with Crippen LogP contribution in [0, 0.1) is 6.92 Å². The highest BCUT2D eigenvalue weighted by Gasteiger charge is 2.27. The fraction of sp³-hybridized carbons (Fsp3) is 0.238. The molecule has 1 N–H and O–H groups in total. The number of aryl methyl sites for hydroxylation is 1. The molecule has 5 heteroatoms. The number of fused-ring (bicyclic) bond motifs is 1. The number of H-pyrrole nitrogens is 1. The lowest BCUT2D eigenvalue weighted by molar-refractivity contribution is 0.00720. The Morgan fingerprint density at radius 2 is 1.65 bits per heavy atom. The number of rotatable bonds is 3. The van der Waals surface area contributed by atoms with Gasteiger partial charge < -0.3 is 9.72 Å². The van der Waals surface area contributed by atoms with Crippen LogP contribution in [0.3, 0.4) is 0 Å². The van der Waals surface area contributed by atoms with E-state index >= 15 is 0 Å². The third-order valence-corrected chi connectivity index (χ3v) is 4.28. The van der Waals surface area contributed by atoms with Gasteiger partial charge in [-0.1, -0.05) is 41.9 Å². The van der Waals surface area contributed by atoms with E-state index in [9.17, 15) is 9.59 Å². The van der Waals surface area contributed by atoms with Gasteiger partial charge in [-0.3, -0.25) is 4.79 Å². The Morgan fingerprint density at radius 3 is 2.27 bits per heavy atom. The average Bonchev–Trinajstić information content (AvgIpc) is 2.89. The van der Waals surface area contributed by atoms with Crippen molar-refractivity contribution in [1.82, 2.24) is 4.98 Å². The van der Waals surface area contributed by atoms with Crippen molar-refractivity contribution in [1.29, 1.82) is 0 Å². The van der Waals surface area contributed by atoms with E-state index in [4.69, 9.17) is 16.3 Å². The Hall–Kier alpha value is -2.59. The van der Waals surface area contributed by atoms with Crippen LogP contribution in [0.25, 0.3) is 10.9 Å². The molecule has 4 nitrogen and oxygen atoms in total. The number of aromatic nitrogens is 1. The van der Waals surface area contributed by atoms with E-state index in [1.165, 1.54) is 0 Å². The van der Waals surface area contributed by atoms with Gasteiger partial charge >= 0.3 is 5.97 Å². The predicted molar refractivity (Wildman–Crippen MR) is 103 cm³/mol. The standard InChI is InChI=1S/C21H20ClNO3/c1-12-16(19(24)13-8-6-5-7-9-13)18-15(23-12)11-10-14(22)17(18)20(25)26-21(2,3)4/h5-11,23H,1-4H3. The molecule has 0 aliphatic rings. The minimum atomic E-state index is -0.669. The second kappa shape index (κ2) is 6.61. The highest BCUT2D eigenvalue weighted by molar-refractivity contribution is 6.36. The molecule has 0 fully saturated rings. The number of aromatic amines is 1. The minimum Gasteiger partial charge on any atom is -0.456 e. The summed E-state index contributed by atoms with van der Waals surface area (Å²) in [5.41, 5.74) is 1.88. The fourth-order valence-electron chi connectivity index (χ4n) is 2.94. The molecule has 3 rings (SSSR count). The lowest BCUT2D eigenvalue weighted by Crippen LogP contribution is -2.24. The SMILES string of the molecule is Cc1[nH]c2ccc(Cl)c(C(=O)OC(C)(C)C)c2c1C(=O)c1ccccc1. The number of hydrogen-bond acceptors (Lipinski definition) is 3. The molecule has 2 aromatic carbocycles. The number of benzene rings is 2. The summed E-state index contributed by atoms with van der Waals surface area (Å²) in [4.78, 5) is 29.1. The number of carbonyl (C=O) groups excluding carboxylic acids is 2. The van der Waals surface area contributed by atoms with Gasteiger partial charge in [-0.15, -0.1) is 0 Å². The van der Waals surface area contributed by atoms with Crippen molar-refractivity contribution in [2.24, 2.45) is 0 Å². The van der Waals surface area contributed by atoms with Gasteiger partial charge in [0.2, 0.25) is 0 Å². The number of nitrogens with one attached hydrogen (secondary N) is 1. The van der Waals surface area contributed by atoms with E-state index < -0.39 is 11.6 Å². The summed E-state index contributed by atoms with van der Waals surface area (Å²) in [6.45, 7) is 7.18. The van der Waals surface area contributed by atoms with Crippen LogP contribution in [-0.4, -0.2) is 22.3 Å². The number of ether oxygens (including phenoxy) is 1. The Kier molecular flexibility index (Phi) is 4.63. The maximum absolute atomic E-state index is 13.1. The lowest BCUT2D eigenvalue weighted by Gasteiger charge is -2.20. The molecule has 0 saturated carbocycles. The molecule has 3 aromatic rings. The zero-order valence-corrected chi connectivity index (χ0v) is 15.9. The fourth-order valence-corrected chi connectivity index (χ4v) is 3.17. The maximum atomic E-state index is 13.1. The van der Waals surface area contributed by atoms with E-state index in [1.807, 2.05) is 13.0 Å². The average molecular weight is 370 g/mol. The third kappa shape index (κ3) is 3.37. The van der Waals surface area contributed by atoms with Crippen molar-refractivity contribution in [3.63, 3.8) is 0 Å². The van der Waals surface area contributed by atoms with Gasteiger partial charge in [0, 0.05) is 22.2 Å². The quantitative estimate of drug-likeness (QED) is 0.502. The molecule has 1 heterocycles. The normalized spacial score (nSPS) is 11.6. The van der Waals surface area contributed by atoms with Crippen LogP contribution in [-0.2, 0) is 4.74 Å². The van der Waals surface area contributed by atoms with Gasteiger partial charge in [0.05, 0.1) is 16.1 Å². The molecule has 134 valence electrons. The molecule has 1 aromatic heterocycles. The van der Waals surface area contributed by atoms with Gasteiger partial charge in [-0.2, -0.15) is 0 Å². The minimum absolute atomic E-state index is 0.165. The van der Waals surface area contributed by atoms with E-state index in [1.54, 1.807) is 57.2 Å². The topological polar surface area (TPSA) is 59.2 Å². The second-order valence-electron chi connectivity index (χ2n) is 7.17. The van der Waals surface area contributed by atoms with Crippen molar-refractivity contribution in [2.45, 2.75) is 33.3 Å². The maximum Gasteiger partial charge on any atom is 0.340 e. The van der Waals surface area contributed by atoms with Crippen molar-refractivity contribution < 1.29 is 14.3 Å². The molecule has 0 atom stereocenters. The first-order valence-corrected chi connectivity index (χ1v) is 8.70. The molecular formula is C21H20ClNO3. The molecule has 0 radical (unpaired) electrons. The summed E-state index contributed by atoms with van der Waals surface area (Å²) in [6, 6.07) is 12.4. The van der Waals surface area contributed by atoms with Crippen LogP contribution in [0.1, 0.15) is 52.7 Å². The van der Waals surface area contributed by atoms with Crippen LogP contribution in [0.5, 0.6) is 0 Å². The van der Waals surface area contributed by atoms with Gasteiger partial charge in [0.15, 0.2) is 5.78 Å². The molecule has 0 unspecified atom stereocenters. The Bertz CT molecular complexity index is 998. The van der Waals surface area contributed by atoms with Crippen LogP contribution in [0.4, 0.5) is 0 Å². The molecule has 0 spiro atoms. The highest BCUT2D eigenvalue weighted by atomic mass is 35.5. The van der Waals surface area contributed by atoms with Crippen molar-refractivity contribution >= 4 is 34.3 Å². The van der Waals surface area contributed by atoms with Gasteiger partial charge in [0.1, 0.15) is 5.60 Å². The molecular weight excluding hydrogens is 350 g/mol. The lowest BCUT2D eigenvalue weighted by atomic mass is 9.97. The van der Waals surface area contributed by atoms with Crippen LogP contribution in [0.2, 0.25) is 5.02 Å². The monoisotopic (exact) mass is 369 g/mol. The van der Waals surface area contributed by atoms with Gasteiger partial charge in [0.25, 0.3) is 0 Å². The summed E-state index contributed by atoms with van der Waals surface area (Å²) in [5.74, 6) is -0.712. The van der Waals surface area contributed by atoms with Crippen molar-refractivity contribution in [2.75, 3.05) is 0 Å². The largest absolute Gasteiger partial charge is 0.456 e. The van der Waals surface area contributed by atoms with Crippen molar-refractivity contribution in [3.05, 3.63) is 69.9 Å². The van der Waals surface area contributed by atoms with Crippen LogP contribution >= 0.6 is 11.6 Å². The third-order valence-electron chi connectivity index (χ3n) is 3.97. The number of esters is 1. The highest BCUT2D eigenvalue weighted by Crippen LogP contribution is 2.33. The Labute approximate surface area is 157 Å². The number of carbonyl (C=O) groups is 2. The summed E-state index contributed by atoms with van der Waals surface area (Å²) in [5, 5.41) is 0.756. The molecule has 0 aliphatic carbocycles. The summed E-state index contributed by atoms with van der Waals surface area (Å²) < 4.78 is 5.51. The summed E-state index contributed by atoms with van der Waals surface area (Å²) in [7, 11) is 0. The van der Waals surface area contributed by atoms with E-state index in [0.717, 1.165) is 0 Å². The zero-order chi connectivity index (χ0) is 19.1. The zero-order valence-electron chi connectivity index (χ0n) is 15.1. The van der Waals surface area contributed by atoms with E-state index in [2.05, 4.69) is 4.98 Å². The summed E-state index contributed by atoms with van der Waals surface area (Å²) >= 11 is 6.33. The van der Waals surface area contributed by atoms with Crippen LogP contribution in [0.15, 0.2) is 42.5 Å². The van der Waals surface area contributed by atoms with Gasteiger partial charge in [-0.25, -0.2) is 4.79 Å². The van der Waals surface area contributed by atoms with E-state index in [-0.39, 0.29) is 16.4 Å². The van der Waals surface area contributed by atoms with Gasteiger partial charge in [-0.05, 0) is 39.8 Å². The molecule has 26 heavy (non-hydrogen) atoms. The molecule has 0 saturated heterocycles. The molecule has 0 amide bonds. The predicted octanol–water partition coefficient (Wildman–Crippen LogP) is 5.32. The second-order valence-corrected chi connectivity index (χ2v) is 7.57. The number of hydrogen-bond donors (Lipinski definition) is 1. The number of halogens is 1. The van der Waals surface area contributed by atoms with Crippen molar-refractivity contribution in [3.8, 4) is 0 Å². The van der Waals surface area contributed by atoms with Crippen LogP contribution < -0.4 is 0 Å². The molecule has 0 aliphatic heterocycles.